The van der Waals surface area contributed by atoms with Crippen LogP contribution in [0.25, 0.3) is 5.82 Å². The summed E-state index contributed by atoms with van der Waals surface area (Å²) in [5, 5.41) is 6.88. The van der Waals surface area contributed by atoms with Crippen LogP contribution < -0.4 is 5.32 Å². The van der Waals surface area contributed by atoms with E-state index in [-0.39, 0.29) is 12.5 Å². The van der Waals surface area contributed by atoms with Crippen LogP contribution in [0.15, 0.2) is 36.8 Å². The number of carbonyl (C=O) groups is 1. The van der Waals surface area contributed by atoms with Crippen LogP contribution in [-0.2, 0) is 16.1 Å². The van der Waals surface area contributed by atoms with Crippen molar-refractivity contribution in [1.29, 1.82) is 0 Å². The molecule has 0 fully saturated rings. The van der Waals surface area contributed by atoms with E-state index in [2.05, 4.69) is 15.4 Å². The summed E-state index contributed by atoms with van der Waals surface area (Å²) in [4.78, 5) is 15.6. The summed E-state index contributed by atoms with van der Waals surface area (Å²) in [6, 6.07) is 5.55. The number of carbonyl (C=O) groups excluding carboxylic acids is 1. The zero-order valence-electron chi connectivity index (χ0n) is 10.0. The maximum Gasteiger partial charge on any atom is 0.246 e. The van der Waals surface area contributed by atoms with Crippen molar-refractivity contribution in [2.24, 2.45) is 0 Å². The van der Waals surface area contributed by atoms with Gasteiger partial charge in [-0.25, -0.2) is 9.67 Å². The lowest BCUT2D eigenvalue weighted by molar-refractivity contribution is -0.124. The number of nitrogens with one attached hydrogen (secondary N) is 1. The third-order valence-corrected chi connectivity index (χ3v) is 2.34. The van der Waals surface area contributed by atoms with Crippen LogP contribution >= 0.6 is 0 Å². The molecule has 1 amide bonds. The lowest BCUT2D eigenvalue weighted by Gasteiger charge is -2.09. The third-order valence-electron chi connectivity index (χ3n) is 2.34. The highest BCUT2D eigenvalue weighted by atomic mass is 16.5. The number of methoxy groups -OCH3 is 1. The Morgan fingerprint density at radius 2 is 2.33 bits per heavy atom. The molecule has 0 bridgehead atoms. The zero-order chi connectivity index (χ0) is 12.8. The van der Waals surface area contributed by atoms with Gasteiger partial charge in [0.2, 0.25) is 5.91 Å². The number of pyridine rings is 1. The number of hydrogen-bond acceptors (Lipinski definition) is 4. The average Bonchev–Trinajstić information content (AvgIpc) is 2.91. The first-order valence-corrected chi connectivity index (χ1v) is 5.51. The van der Waals surface area contributed by atoms with Crippen LogP contribution in [0, 0.1) is 0 Å². The van der Waals surface area contributed by atoms with Crippen molar-refractivity contribution in [1.82, 2.24) is 20.1 Å². The number of ether oxygens (including phenoxy) is 1. The van der Waals surface area contributed by atoms with Gasteiger partial charge in [0.05, 0.1) is 0 Å². The molecule has 1 N–H and O–H groups in total. The second-order valence-corrected chi connectivity index (χ2v) is 3.65. The van der Waals surface area contributed by atoms with Crippen LogP contribution in [-0.4, -0.2) is 34.4 Å². The fraction of sp³-hybridized carbons (Fsp3) is 0.250. The summed E-state index contributed by atoms with van der Waals surface area (Å²) in [5.41, 5.74) is 0.894. The summed E-state index contributed by atoms with van der Waals surface area (Å²) in [6.45, 7) is 0.447. The smallest absolute Gasteiger partial charge is 0.246 e. The lowest BCUT2D eigenvalue weighted by atomic mass is 10.2. The van der Waals surface area contributed by atoms with Gasteiger partial charge in [-0.2, -0.15) is 5.10 Å². The van der Waals surface area contributed by atoms with E-state index >= 15 is 0 Å². The quantitative estimate of drug-likeness (QED) is 0.835. The topological polar surface area (TPSA) is 69.0 Å². The molecule has 0 saturated carbocycles. The maximum absolute atomic E-state index is 11.3. The minimum atomic E-state index is -0.159. The summed E-state index contributed by atoms with van der Waals surface area (Å²) < 4.78 is 6.41. The zero-order valence-corrected chi connectivity index (χ0v) is 10.0. The molecule has 2 heterocycles. The van der Waals surface area contributed by atoms with Crippen molar-refractivity contribution < 1.29 is 9.53 Å². The molecule has 2 aromatic rings. The van der Waals surface area contributed by atoms with Crippen LogP contribution in [0.5, 0.6) is 0 Å². The molecule has 6 heteroatoms. The summed E-state index contributed by atoms with van der Waals surface area (Å²) in [5.74, 6) is 0.549. The van der Waals surface area contributed by atoms with Crippen molar-refractivity contribution in [2.75, 3.05) is 13.7 Å². The van der Waals surface area contributed by atoms with Crippen LogP contribution in [0.1, 0.15) is 5.56 Å². The van der Waals surface area contributed by atoms with E-state index in [1.54, 1.807) is 17.1 Å². The minimum Gasteiger partial charge on any atom is -0.375 e. The van der Waals surface area contributed by atoms with Gasteiger partial charge in [-0.1, -0.05) is 6.07 Å². The largest absolute Gasteiger partial charge is 0.375 e. The van der Waals surface area contributed by atoms with E-state index in [1.807, 2.05) is 24.4 Å². The van der Waals surface area contributed by atoms with E-state index in [1.165, 1.54) is 7.11 Å². The first-order chi connectivity index (χ1) is 8.81. The number of amides is 1. The fourth-order valence-corrected chi connectivity index (χ4v) is 1.54. The summed E-state index contributed by atoms with van der Waals surface area (Å²) in [7, 11) is 1.48. The molecule has 0 unspecified atom stereocenters. The molecule has 0 spiro atoms. The number of hydrogen-bond donors (Lipinski definition) is 1. The van der Waals surface area contributed by atoms with E-state index in [0.717, 1.165) is 5.56 Å². The highest BCUT2D eigenvalue weighted by Crippen LogP contribution is 2.09. The van der Waals surface area contributed by atoms with Gasteiger partial charge in [-0.3, -0.25) is 4.79 Å². The van der Waals surface area contributed by atoms with E-state index in [0.29, 0.717) is 12.4 Å². The van der Waals surface area contributed by atoms with Crippen LogP contribution in [0.3, 0.4) is 0 Å². The monoisotopic (exact) mass is 246 g/mol. The Morgan fingerprint density at radius 3 is 3.06 bits per heavy atom. The highest BCUT2D eigenvalue weighted by molar-refractivity contribution is 5.77. The van der Waals surface area contributed by atoms with Crippen molar-refractivity contribution in [3.8, 4) is 5.82 Å². The molecule has 0 aliphatic rings. The molecular weight excluding hydrogens is 232 g/mol. The molecule has 0 aromatic carbocycles. The molecule has 6 nitrogen and oxygen atoms in total. The van der Waals surface area contributed by atoms with E-state index in [9.17, 15) is 4.79 Å². The first-order valence-electron chi connectivity index (χ1n) is 5.51. The number of rotatable bonds is 5. The van der Waals surface area contributed by atoms with Crippen LogP contribution in [0.2, 0.25) is 0 Å². The Kier molecular flexibility index (Phi) is 4.03. The van der Waals surface area contributed by atoms with E-state index < -0.39 is 0 Å². The SMILES string of the molecule is COCC(=O)NCc1cccnc1-n1cccn1. The summed E-state index contributed by atoms with van der Waals surface area (Å²) >= 11 is 0. The predicted molar refractivity (Wildman–Crippen MR) is 65.1 cm³/mol. The Labute approximate surface area is 105 Å². The molecular formula is C12H14N4O2. The van der Waals surface area contributed by atoms with Crippen molar-refractivity contribution in [2.45, 2.75) is 6.54 Å². The molecule has 2 rings (SSSR count). The molecule has 18 heavy (non-hydrogen) atoms. The van der Waals surface area contributed by atoms with Gasteiger partial charge in [-0.15, -0.1) is 0 Å². The third kappa shape index (κ3) is 2.92. The second kappa shape index (κ2) is 5.92. The van der Waals surface area contributed by atoms with E-state index in [4.69, 9.17) is 4.74 Å². The molecule has 0 aliphatic carbocycles. The van der Waals surface area contributed by atoms with Gasteiger partial charge in [0.25, 0.3) is 0 Å². The highest BCUT2D eigenvalue weighted by Gasteiger charge is 2.07. The Bertz CT molecular complexity index is 511. The van der Waals surface area contributed by atoms with Gasteiger partial charge in [0.15, 0.2) is 5.82 Å². The normalized spacial score (nSPS) is 10.3. The molecule has 0 atom stereocenters. The molecule has 94 valence electrons. The molecule has 0 radical (unpaired) electrons. The average molecular weight is 246 g/mol. The second-order valence-electron chi connectivity index (χ2n) is 3.65. The van der Waals surface area contributed by atoms with Crippen LogP contribution in [0.4, 0.5) is 0 Å². The van der Waals surface area contributed by atoms with Crippen molar-refractivity contribution >= 4 is 5.91 Å². The van der Waals surface area contributed by atoms with Crippen molar-refractivity contribution in [3.63, 3.8) is 0 Å². The van der Waals surface area contributed by atoms with Gasteiger partial charge < -0.3 is 10.1 Å². The predicted octanol–water partition coefficient (Wildman–Crippen LogP) is 0.530. The van der Waals surface area contributed by atoms with Gasteiger partial charge in [-0.05, 0) is 12.1 Å². The summed E-state index contributed by atoms with van der Waals surface area (Å²) in [6.07, 6.45) is 5.18. The van der Waals surface area contributed by atoms with Crippen molar-refractivity contribution in [3.05, 3.63) is 42.4 Å². The molecule has 0 saturated heterocycles. The van der Waals surface area contributed by atoms with Gasteiger partial charge >= 0.3 is 0 Å². The Balaban J connectivity index is 2.11. The lowest BCUT2D eigenvalue weighted by Crippen LogP contribution is -2.27. The molecule has 2 aromatic heterocycles. The minimum absolute atomic E-state index is 0.0529. The standard InChI is InChI=1S/C12H14N4O2/c1-18-9-11(17)14-8-10-4-2-5-13-12(10)16-7-3-6-15-16/h2-7H,8-9H2,1H3,(H,14,17). The number of aromatic nitrogens is 3. The first kappa shape index (κ1) is 12.3. The fourth-order valence-electron chi connectivity index (χ4n) is 1.54. The van der Waals surface area contributed by atoms with Gasteiger partial charge in [0.1, 0.15) is 6.61 Å². The number of nitrogens with zero attached hydrogens (tertiary/aromatic N) is 3. The maximum atomic E-state index is 11.3. The Morgan fingerprint density at radius 1 is 1.44 bits per heavy atom. The van der Waals surface area contributed by atoms with Gasteiger partial charge in [0, 0.05) is 37.8 Å². The molecule has 0 aliphatic heterocycles. The Hall–Kier alpha value is -2.21.